The number of rotatable bonds is 5. The van der Waals surface area contributed by atoms with Crippen LogP contribution in [0.3, 0.4) is 0 Å². The molecule has 0 radical (unpaired) electrons. The van der Waals surface area contributed by atoms with Crippen molar-refractivity contribution < 1.29 is 4.74 Å². The molecular weight excluding hydrogens is 424 g/mol. The summed E-state index contributed by atoms with van der Waals surface area (Å²) < 4.78 is 7.08. The monoisotopic (exact) mass is 446 g/mol. The summed E-state index contributed by atoms with van der Waals surface area (Å²) in [5.74, 6) is 0.507. The van der Waals surface area contributed by atoms with Crippen molar-refractivity contribution in [2.75, 3.05) is 18.5 Å². The molecule has 1 saturated heterocycles. The second-order valence-electron chi connectivity index (χ2n) is 7.85. The Morgan fingerprint density at radius 2 is 1.97 bits per heavy atom. The number of ether oxygens (including phenoxy) is 1. The van der Waals surface area contributed by atoms with Gasteiger partial charge in [0.15, 0.2) is 0 Å². The van der Waals surface area contributed by atoms with Gasteiger partial charge >= 0.3 is 0 Å². The maximum absolute atomic E-state index is 13.4. The predicted octanol–water partition coefficient (Wildman–Crippen LogP) is 5.00. The maximum Gasteiger partial charge on any atom is 0.260 e. The van der Waals surface area contributed by atoms with Crippen LogP contribution in [0.5, 0.6) is 0 Å². The van der Waals surface area contributed by atoms with Crippen LogP contribution in [0.4, 0.5) is 5.95 Å². The van der Waals surface area contributed by atoms with Gasteiger partial charge in [0.25, 0.3) is 5.56 Å². The van der Waals surface area contributed by atoms with Gasteiger partial charge in [-0.25, -0.2) is 4.98 Å². The molecule has 2 aromatic heterocycles. The molecule has 3 heterocycles. The first kappa shape index (κ1) is 20.7. The Morgan fingerprint density at radius 3 is 2.69 bits per heavy atom. The molecule has 0 spiro atoms. The Morgan fingerprint density at radius 1 is 1.12 bits per heavy atom. The van der Waals surface area contributed by atoms with Crippen LogP contribution in [0.15, 0.2) is 65.6 Å². The molecule has 1 aliphatic heterocycles. The summed E-state index contributed by atoms with van der Waals surface area (Å²) in [5.41, 5.74) is 3.80. The molecule has 0 saturated carbocycles. The van der Waals surface area contributed by atoms with Crippen LogP contribution in [0, 0.1) is 0 Å². The zero-order valence-corrected chi connectivity index (χ0v) is 18.5. The van der Waals surface area contributed by atoms with E-state index in [-0.39, 0.29) is 11.6 Å². The Bertz CT molecular complexity index is 1330. The van der Waals surface area contributed by atoms with E-state index in [9.17, 15) is 4.79 Å². The van der Waals surface area contributed by atoms with Crippen molar-refractivity contribution in [3.8, 4) is 22.3 Å². The van der Waals surface area contributed by atoms with E-state index >= 15 is 0 Å². The summed E-state index contributed by atoms with van der Waals surface area (Å²) in [7, 11) is 0. The predicted molar refractivity (Wildman–Crippen MR) is 128 cm³/mol. The average Bonchev–Trinajstić information content (AvgIpc) is 3.33. The lowest BCUT2D eigenvalue weighted by atomic mass is 10.0. The first-order chi connectivity index (χ1) is 15.6. The van der Waals surface area contributed by atoms with Gasteiger partial charge in [-0.2, -0.15) is 4.98 Å². The first-order valence-corrected chi connectivity index (χ1v) is 11.1. The van der Waals surface area contributed by atoms with Gasteiger partial charge in [0.05, 0.1) is 12.6 Å². The van der Waals surface area contributed by atoms with Gasteiger partial charge < -0.3 is 10.1 Å². The van der Waals surface area contributed by atoms with Crippen molar-refractivity contribution in [3.63, 3.8) is 0 Å². The van der Waals surface area contributed by atoms with Crippen molar-refractivity contribution in [1.29, 1.82) is 0 Å². The molecule has 0 bridgehead atoms. The van der Waals surface area contributed by atoms with Gasteiger partial charge in [-0.15, -0.1) is 0 Å². The molecule has 162 valence electrons. The standard InChI is InChI=1S/C25H23ClN4O2/c1-2-30-23-18(14-27-25(29-23)28-19-10-11-32-15-19)12-21(24(30)31)20-9-8-17(13-22(20)26)16-6-4-3-5-7-16/h3-9,12-14,19H,2,10-11,15H2,1H3,(H,27,28,29)/t19-/m1/s1. The minimum Gasteiger partial charge on any atom is -0.379 e. The summed E-state index contributed by atoms with van der Waals surface area (Å²) in [6.45, 7) is 3.80. The van der Waals surface area contributed by atoms with Crippen molar-refractivity contribution in [2.45, 2.75) is 25.9 Å². The van der Waals surface area contributed by atoms with Crippen molar-refractivity contribution in [2.24, 2.45) is 0 Å². The number of nitrogens with zero attached hydrogens (tertiary/aromatic N) is 3. The molecule has 1 aliphatic rings. The maximum atomic E-state index is 13.4. The number of anilines is 1. The molecule has 32 heavy (non-hydrogen) atoms. The van der Waals surface area contributed by atoms with E-state index in [1.165, 1.54) is 0 Å². The summed E-state index contributed by atoms with van der Waals surface area (Å²) in [4.78, 5) is 22.5. The molecule has 0 unspecified atom stereocenters. The Labute approximate surface area is 190 Å². The quantitative estimate of drug-likeness (QED) is 0.467. The molecule has 7 heteroatoms. The van der Waals surface area contributed by atoms with Gasteiger partial charge in [-0.1, -0.05) is 54.1 Å². The molecule has 0 aliphatic carbocycles. The SMILES string of the molecule is CCn1c(=O)c(-c2ccc(-c3ccccc3)cc2Cl)cc2cnc(N[C@@H]3CCOC3)nc21. The lowest BCUT2D eigenvalue weighted by Crippen LogP contribution is -2.24. The zero-order valence-electron chi connectivity index (χ0n) is 17.7. The van der Waals surface area contributed by atoms with E-state index in [2.05, 4.69) is 15.3 Å². The van der Waals surface area contributed by atoms with Crippen LogP contribution in [-0.4, -0.2) is 33.8 Å². The highest BCUT2D eigenvalue weighted by Gasteiger charge is 2.18. The second kappa shape index (κ2) is 8.73. The Balaban J connectivity index is 1.57. The fraction of sp³-hybridized carbons (Fsp3) is 0.240. The Hall–Kier alpha value is -3.22. The summed E-state index contributed by atoms with van der Waals surface area (Å²) in [5, 5.41) is 4.62. The number of hydrogen-bond acceptors (Lipinski definition) is 5. The van der Waals surface area contributed by atoms with Gasteiger partial charge in [-0.05, 0) is 36.6 Å². The van der Waals surface area contributed by atoms with Gasteiger partial charge in [0.1, 0.15) is 5.65 Å². The fourth-order valence-corrected chi connectivity index (χ4v) is 4.37. The van der Waals surface area contributed by atoms with E-state index < -0.39 is 0 Å². The minimum atomic E-state index is -0.122. The third-order valence-corrected chi connectivity index (χ3v) is 6.09. The average molecular weight is 447 g/mol. The molecule has 1 atom stereocenters. The van der Waals surface area contributed by atoms with E-state index in [0.717, 1.165) is 29.5 Å². The number of pyridine rings is 1. The second-order valence-corrected chi connectivity index (χ2v) is 8.25. The molecule has 1 N–H and O–H groups in total. The van der Waals surface area contributed by atoms with E-state index in [4.69, 9.17) is 16.3 Å². The highest BCUT2D eigenvalue weighted by Crippen LogP contribution is 2.32. The van der Waals surface area contributed by atoms with Crippen LogP contribution >= 0.6 is 11.6 Å². The summed E-state index contributed by atoms with van der Waals surface area (Å²) in [6, 6.07) is 17.8. The lowest BCUT2D eigenvalue weighted by molar-refractivity contribution is 0.195. The van der Waals surface area contributed by atoms with Crippen LogP contribution in [0.2, 0.25) is 5.02 Å². The number of hydrogen-bond donors (Lipinski definition) is 1. The third-order valence-electron chi connectivity index (χ3n) is 5.77. The minimum absolute atomic E-state index is 0.122. The van der Waals surface area contributed by atoms with Crippen LogP contribution in [0.1, 0.15) is 13.3 Å². The number of nitrogens with one attached hydrogen (secondary N) is 1. The number of halogens is 1. The first-order valence-electron chi connectivity index (χ1n) is 10.7. The van der Waals surface area contributed by atoms with Crippen LogP contribution < -0.4 is 10.9 Å². The van der Waals surface area contributed by atoms with E-state index in [0.29, 0.717) is 40.9 Å². The molecule has 0 amide bonds. The topological polar surface area (TPSA) is 69.0 Å². The van der Waals surface area contributed by atoms with Gasteiger partial charge in [0, 0.05) is 40.9 Å². The van der Waals surface area contributed by atoms with Crippen molar-refractivity contribution in [3.05, 3.63) is 76.2 Å². The lowest BCUT2D eigenvalue weighted by Gasteiger charge is -2.14. The van der Waals surface area contributed by atoms with Crippen LogP contribution in [-0.2, 0) is 11.3 Å². The number of aromatic nitrogens is 3. The van der Waals surface area contributed by atoms with Crippen molar-refractivity contribution in [1.82, 2.24) is 14.5 Å². The molecule has 4 aromatic rings. The number of fused-ring (bicyclic) bond motifs is 1. The molecule has 2 aromatic carbocycles. The van der Waals surface area contributed by atoms with E-state index in [1.54, 1.807) is 10.8 Å². The fourth-order valence-electron chi connectivity index (χ4n) is 4.09. The zero-order chi connectivity index (χ0) is 22.1. The summed E-state index contributed by atoms with van der Waals surface area (Å²) >= 11 is 6.65. The van der Waals surface area contributed by atoms with Crippen molar-refractivity contribution >= 4 is 28.6 Å². The van der Waals surface area contributed by atoms with Gasteiger partial charge in [-0.3, -0.25) is 9.36 Å². The van der Waals surface area contributed by atoms with Crippen LogP contribution in [0.25, 0.3) is 33.3 Å². The largest absolute Gasteiger partial charge is 0.379 e. The molecule has 6 nitrogen and oxygen atoms in total. The number of benzene rings is 2. The smallest absolute Gasteiger partial charge is 0.260 e. The molecular formula is C25H23ClN4O2. The highest BCUT2D eigenvalue weighted by atomic mass is 35.5. The highest BCUT2D eigenvalue weighted by molar-refractivity contribution is 6.33. The van der Waals surface area contributed by atoms with Gasteiger partial charge in [0.2, 0.25) is 5.95 Å². The normalized spacial score (nSPS) is 15.9. The molecule has 5 rings (SSSR count). The van der Waals surface area contributed by atoms with E-state index in [1.807, 2.05) is 61.5 Å². The summed E-state index contributed by atoms with van der Waals surface area (Å²) in [6.07, 6.45) is 2.67. The Kier molecular flexibility index (Phi) is 5.64. The number of aryl methyl sites for hydroxylation is 1. The third kappa shape index (κ3) is 3.87. The molecule has 1 fully saturated rings.